The normalized spacial score (nSPS) is 17.0. The van der Waals surface area contributed by atoms with Crippen molar-refractivity contribution in [3.63, 3.8) is 0 Å². The molecular formula is C20H24N3O6+. The number of quaternary nitrogens is 1. The molecule has 9 nitrogen and oxygen atoms in total. The first-order chi connectivity index (χ1) is 14.2. The first-order valence-corrected chi connectivity index (χ1v) is 9.61. The maximum atomic E-state index is 12.3. The van der Waals surface area contributed by atoms with Crippen molar-refractivity contribution in [2.24, 2.45) is 0 Å². The van der Waals surface area contributed by atoms with Gasteiger partial charge >= 0.3 is 11.8 Å². The van der Waals surface area contributed by atoms with Crippen molar-refractivity contribution in [2.75, 3.05) is 39.6 Å². The van der Waals surface area contributed by atoms with Crippen molar-refractivity contribution in [3.05, 3.63) is 47.9 Å². The molecule has 0 bridgehead atoms. The summed E-state index contributed by atoms with van der Waals surface area (Å²) < 4.78 is 21.5. The molecule has 1 saturated heterocycles. The van der Waals surface area contributed by atoms with Crippen molar-refractivity contribution in [2.45, 2.75) is 12.6 Å². The van der Waals surface area contributed by atoms with Crippen molar-refractivity contribution in [1.29, 1.82) is 0 Å². The molecule has 2 aliphatic heterocycles. The summed E-state index contributed by atoms with van der Waals surface area (Å²) in [5.41, 5.74) is 1.02. The average Bonchev–Trinajstić information content (AvgIpc) is 3.44. The number of rotatable bonds is 6. The van der Waals surface area contributed by atoms with Gasteiger partial charge < -0.3 is 34.2 Å². The number of hydrogen-bond donors (Lipinski definition) is 3. The van der Waals surface area contributed by atoms with Gasteiger partial charge in [-0.25, -0.2) is 0 Å². The summed E-state index contributed by atoms with van der Waals surface area (Å²) in [6, 6.07) is 9.22. The number of carbonyl (C=O) groups is 2. The number of benzene rings is 1. The molecule has 2 aromatic rings. The van der Waals surface area contributed by atoms with Gasteiger partial charge in [0.2, 0.25) is 6.79 Å². The summed E-state index contributed by atoms with van der Waals surface area (Å²) in [6.45, 7) is 3.66. The number of hydrogen-bond acceptors (Lipinski definition) is 6. The number of carbonyl (C=O) groups excluding carboxylic acids is 2. The monoisotopic (exact) mass is 402 g/mol. The van der Waals surface area contributed by atoms with Crippen molar-refractivity contribution in [3.8, 4) is 11.5 Å². The Morgan fingerprint density at radius 1 is 1.03 bits per heavy atom. The topological polar surface area (TPSA) is 103 Å². The summed E-state index contributed by atoms with van der Waals surface area (Å²) in [6.07, 6.45) is 1.52. The first kappa shape index (κ1) is 19.3. The highest BCUT2D eigenvalue weighted by molar-refractivity contribution is 6.35. The average molecular weight is 402 g/mol. The minimum absolute atomic E-state index is 0.0322. The van der Waals surface area contributed by atoms with Gasteiger partial charge in [-0.05, 0) is 30.3 Å². The van der Waals surface area contributed by atoms with Crippen LogP contribution in [0, 0.1) is 0 Å². The van der Waals surface area contributed by atoms with Crippen LogP contribution in [0.5, 0.6) is 11.5 Å². The summed E-state index contributed by atoms with van der Waals surface area (Å²) in [5.74, 6) is 0.633. The molecule has 1 atom stereocenters. The van der Waals surface area contributed by atoms with E-state index in [1.807, 2.05) is 18.2 Å². The fraction of sp³-hybridized carbons (Fsp3) is 0.400. The molecule has 1 fully saturated rings. The van der Waals surface area contributed by atoms with E-state index in [9.17, 15) is 9.59 Å². The zero-order valence-electron chi connectivity index (χ0n) is 15.9. The van der Waals surface area contributed by atoms with E-state index >= 15 is 0 Å². The van der Waals surface area contributed by atoms with Crippen LogP contribution in [-0.2, 0) is 20.9 Å². The Bertz CT molecular complexity index is 848. The van der Waals surface area contributed by atoms with E-state index in [0.29, 0.717) is 37.0 Å². The highest BCUT2D eigenvalue weighted by atomic mass is 16.7. The van der Waals surface area contributed by atoms with E-state index in [1.165, 1.54) is 11.2 Å². The molecule has 2 amide bonds. The number of amides is 2. The maximum Gasteiger partial charge on any atom is 0.309 e. The molecular weight excluding hydrogens is 378 g/mol. The van der Waals surface area contributed by atoms with Crippen LogP contribution >= 0.6 is 0 Å². The lowest BCUT2D eigenvalue weighted by Crippen LogP contribution is -3.15. The Kier molecular flexibility index (Phi) is 5.97. The molecule has 2 aliphatic rings. The molecule has 0 saturated carbocycles. The minimum Gasteiger partial charge on any atom is -0.467 e. The summed E-state index contributed by atoms with van der Waals surface area (Å²) >= 11 is 0. The molecule has 1 aromatic carbocycles. The molecule has 0 spiro atoms. The van der Waals surface area contributed by atoms with Crippen LogP contribution < -0.4 is 25.0 Å². The maximum absolute atomic E-state index is 12.3. The molecule has 29 heavy (non-hydrogen) atoms. The van der Waals surface area contributed by atoms with Gasteiger partial charge in [-0.2, -0.15) is 0 Å². The van der Waals surface area contributed by atoms with Gasteiger partial charge in [0, 0.05) is 5.56 Å². The quantitative estimate of drug-likeness (QED) is 0.558. The number of ether oxygens (including phenoxy) is 3. The highest BCUT2D eigenvalue weighted by Crippen LogP contribution is 2.33. The Morgan fingerprint density at radius 2 is 1.83 bits per heavy atom. The molecule has 3 N–H and O–H groups in total. The van der Waals surface area contributed by atoms with Crippen LogP contribution in [0.25, 0.3) is 0 Å². The molecule has 0 radical (unpaired) electrons. The van der Waals surface area contributed by atoms with Gasteiger partial charge in [0.05, 0.1) is 32.6 Å². The lowest BCUT2D eigenvalue weighted by Gasteiger charge is -2.32. The van der Waals surface area contributed by atoms with Gasteiger partial charge in [-0.1, -0.05) is 0 Å². The number of furan rings is 1. The predicted octanol–water partition coefficient (Wildman–Crippen LogP) is -0.603. The van der Waals surface area contributed by atoms with Crippen LogP contribution in [-0.4, -0.2) is 51.5 Å². The Morgan fingerprint density at radius 3 is 2.62 bits per heavy atom. The SMILES string of the molecule is O=C(NCc1ccco1)C(=O)NC[C@H](c1ccc2c(c1)OCO2)[NH+]1CCOCC1. The van der Waals surface area contributed by atoms with E-state index in [4.69, 9.17) is 18.6 Å². The summed E-state index contributed by atoms with van der Waals surface area (Å²) in [4.78, 5) is 25.6. The second-order valence-electron chi connectivity index (χ2n) is 6.91. The van der Waals surface area contributed by atoms with E-state index in [2.05, 4.69) is 10.6 Å². The standard InChI is InChI=1S/C20H23N3O6/c24-19(21-11-15-2-1-7-27-15)20(25)22-12-16(23-5-8-26-9-6-23)14-3-4-17-18(10-14)29-13-28-17/h1-4,7,10,16H,5-6,8-9,11-13H2,(H,21,24)(H,22,25)/p+1/t16-/m1/s1. The van der Waals surface area contributed by atoms with Crippen LogP contribution in [0.3, 0.4) is 0 Å². The van der Waals surface area contributed by atoms with E-state index in [1.54, 1.807) is 12.1 Å². The van der Waals surface area contributed by atoms with Gasteiger partial charge in [0.15, 0.2) is 11.5 Å². The third-order valence-electron chi connectivity index (χ3n) is 5.10. The van der Waals surface area contributed by atoms with Gasteiger partial charge in [-0.15, -0.1) is 0 Å². The molecule has 0 unspecified atom stereocenters. The van der Waals surface area contributed by atoms with Crippen LogP contribution in [0.4, 0.5) is 0 Å². The largest absolute Gasteiger partial charge is 0.467 e. The third kappa shape index (κ3) is 4.69. The molecule has 4 rings (SSSR count). The fourth-order valence-electron chi connectivity index (χ4n) is 3.55. The van der Waals surface area contributed by atoms with Gasteiger partial charge in [-0.3, -0.25) is 9.59 Å². The second-order valence-corrected chi connectivity index (χ2v) is 6.91. The van der Waals surface area contributed by atoms with Crippen LogP contribution in [0.1, 0.15) is 17.4 Å². The molecule has 9 heteroatoms. The first-order valence-electron chi connectivity index (χ1n) is 9.61. The highest BCUT2D eigenvalue weighted by Gasteiger charge is 2.29. The Balaban J connectivity index is 1.40. The number of fused-ring (bicyclic) bond motifs is 1. The predicted molar refractivity (Wildman–Crippen MR) is 100 cm³/mol. The lowest BCUT2D eigenvalue weighted by molar-refractivity contribution is -0.937. The summed E-state index contributed by atoms with van der Waals surface area (Å²) in [5, 5.41) is 5.31. The van der Waals surface area contributed by atoms with Crippen molar-refractivity contribution < 1.29 is 33.1 Å². The minimum atomic E-state index is -0.692. The Hall–Kier alpha value is -3.04. The van der Waals surface area contributed by atoms with E-state index in [-0.39, 0.29) is 19.4 Å². The molecule has 0 aliphatic carbocycles. The van der Waals surface area contributed by atoms with Gasteiger partial charge in [0.1, 0.15) is 24.9 Å². The van der Waals surface area contributed by atoms with E-state index < -0.39 is 11.8 Å². The smallest absolute Gasteiger partial charge is 0.309 e. The van der Waals surface area contributed by atoms with Crippen molar-refractivity contribution >= 4 is 11.8 Å². The third-order valence-corrected chi connectivity index (χ3v) is 5.10. The van der Waals surface area contributed by atoms with Crippen LogP contribution in [0.2, 0.25) is 0 Å². The zero-order chi connectivity index (χ0) is 20.1. The summed E-state index contributed by atoms with van der Waals surface area (Å²) in [7, 11) is 0. The Labute approximate surface area is 167 Å². The zero-order valence-corrected chi connectivity index (χ0v) is 15.9. The van der Waals surface area contributed by atoms with Crippen molar-refractivity contribution in [1.82, 2.24) is 10.6 Å². The lowest BCUT2D eigenvalue weighted by atomic mass is 10.0. The van der Waals surface area contributed by atoms with E-state index in [0.717, 1.165) is 18.7 Å². The fourth-order valence-corrected chi connectivity index (χ4v) is 3.55. The number of nitrogens with one attached hydrogen (secondary N) is 3. The molecule has 1 aromatic heterocycles. The molecule has 3 heterocycles. The van der Waals surface area contributed by atoms with Crippen LogP contribution in [0.15, 0.2) is 41.0 Å². The van der Waals surface area contributed by atoms with Gasteiger partial charge in [0.25, 0.3) is 0 Å². The molecule has 154 valence electrons. The number of morpholine rings is 1. The second kappa shape index (κ2) is 8.97.